The summed E-state index contributed by atoms with van der Waals surface area (Å²) in [4.78, 5) is 25.6. The highest BCUT2D eigenvalue weighted by Crippen LogP contribution is 2.34. The van der Waals surface area contributed by atoms with Gasteiger partial charge in [0.05, 0.1) is 12.1 Å². The maximum Gasteiger partial charge on any atom is 0.410 e. The number of hydrogen-bond acceptors (Lipinski definition) is 4. The fraction of sp³-hybridized carbons (Fsp3) is 0.667. The first-order valence-electron chi connectivity index (χ1n) is 7.36. The lowest BCUT2D eigenvalue weighted by atomic mass is 9.89. The van der Waals surface area contributed by atoms with Gasteiger partial charge in [0, 0.05) is 31.7 Å². The van der Waals surface area contributed by atoms with Gasteiger partial charge in [0.25, 0.3) is 0 Å². The molecular formula is C15H24N4O3. The standard InChI is InChI=1S/C15H24N4O3/c1-9-10(6-17-18(9)5)11-7-19(8-12(11)13(16)20)14(21)22-15(2,3)4/h6,11-12H,7-8H2,1-5H3,(H2,16,20)/t11-,12+/m0/s1. The van der Waals surface area contributed by atoms with E-state index in [1.54, 1.807) is 15.8 Å². The van der Waals surface area contributed by atoms with Gasteiger partial charge in [0.1, 0.15) is 5.60 Å². The van der Waals surface area contributed by atoms with E-state index < -0.39 is 23.5 Å². The fourth-order valence-corrected chi connectivity index (χ4v) is 2.76. The van der Waals surface area contributed by atoms with Crippen molar-refractivity contribution in [2.45, 2.75) is 39.2 Å². The minimum Gasteiger partial charge on any atom is -0.444 e. The molecule has 1 aromatic heterocycles. The van der Waals surface area contributed by atoms with E-state index in [0.717, 1.165) is 11.3 Å². The van der Waals surface area contributed by atoms with Gasteiger partial charge in [-0.05, 0) is 33.3 Å². The van der Waals surface area contributed by atoms with Gasteiger partial charge in [-0.2, -0.15) is 5.10 Å². The van der Waals surface area contributed by atoms with Crippen molar-refractivity contribution in [3.8, 4) is 0 Å². The number of ether oxygens (including phenoxy) is 1. The maximum absolute atomic E-state index is 12.2. The zero-order valence-electron chi connectivity index (χ0n) is 13.8. The van der Waals surface area contributed by atoms with Crippen LogP contribution in [0.2, 0.25) is 0 Å². The molecule has 7 nitrogen and oxygen atoms in total. The summed E-state index contributed by atoms with van der Waals surface area (Å²) in [5.41, 5.74) is 6.89. The highest BCUT2D eigenvalue weighted by atomic mass is 16.6. The number of nitrogens with two attached hydrogens (primary N) is 1. The first kappa shape index (κ1) is 16.3. The van der Waals surface area contributed by atoms with Gasteiger partial charge >= 0.3 is 6.09 Å². The Morgan fingerprint density at radius 1 is 1.36 bits per heavy atom. The number of aryl methyl sites for hydroxylation is 1. The summed E-state index contributed by atoms with van der Waals surface area (Å²) in [6.45, 7) is 8.08. The number of hydrogen-bond donors (Lipinski definition) is 1. The van der Waals surface area contributed by atoms with E-state index in [1.165, 1.54) is 0 Å². The summed E-state index contributed by atoms with van der Waals surface area (Å²) in [6, 6.07) is 0. The molecule has 7 heteroatoms. The van der Waals surface area contributed by atoms with Crippen LogP contribution in [-0.4, -0.2) is 45.4 Å². The lowest BCUT2D eigenvalue weighted by Gasteiger charge is -2.24. The van der Waals surface area contributed by atoms with Gasteiger partial charge < -0.3 is 15.4 Å². The quantitative estimate of drug-likeness (QED) is 0.887. The van der Waals surface area contributed by atoms with E-state index in [9.17, 15) is 9.59 Å². The molecule has 22 heavy (non-hydrogen) atoms. The van der Waals surface area contributed by atoms with Crippen LogP contribution >= 0.6 is 0 Å². The smallest absolute Gasteiger partial charge is 0.410 e. The van der Waals surface area contributed by atoms with Gasteiger partial charge in [-0.15, -0.1) is 0 Å². The Kier molecular flexibility index (Phi) is 4.17. The Morgan fingerprint density at radius 2 is 2.00 bits per heavy atom. The Hall–Kier alpha value is -2.05. The topological polar surface area (TPSA) is 90.4 Å². The second kappa shape index (κ2) is 5.62. The molecule has 0 bridgehead atoms. The average Bonchev–Trinajstić information content (AvgIpc) is 2.93. The molecule has 2 N–H and O–H groups in total. The third-order valence-corrected chi connectivity index (χ3v) is 4.01. The molecule has 1 aliphatic heterocycles. The molecule has 1 aliphatic rings. The van der Waals surface area contributed by atoms with Gasteiger partial charge in [-0.3, -0.25) is 9.48 Å². The molecule has 1 saturated heterocycles. The average molecular weight is 308 g/mol. The molecule has 2 atom stereocenters. The first-order chi connectivity index (χ1) is 10.1. The van der Waals surface area contributed by atoms with Crippen LogP contribution in [0.4, 0.5) is 4.79 Å². The molecule has 122 valence electrons. The number of carbonyl (C=O) groups excluding carboxylic acids is 2. The van der Waals surface area contributed by atoms with Crippen molar-refractivity contribution in [3.63, 3.8) is 0 Å². The maximum atomic E-state index is 12.2. The lowest BCUT2D eigenvalue weighted by molar-refractivity contribution is -0.121. The third-order valence-electron chi connectivity index (χ3n) is 4.01. The highest BCUT2D eigenvalue weighted by Gasteiger charge is 2.42. The summed E-state index contributed by atoms with van der Waals surface area (Å²) in [6.07, 6.45) is 1.33. The second-order valence-corrected chi connectivity index (χ2v) is 6.81. The minimum atomic E-state index is -0.568. The Balaban J connectivity index is 2.22. The predicted molar refractivity (Wildman–Crippen MR) is 81.2 cm³/mol. The SMILES string of the molecule is Cc1c([C@@H]2CN(C(=O)OC(C)(C)C)C[C@H]2C(N)=O)cnn1C. The van der Waals surface area contributed by atoms with Crippen LogP contribution < -0.4 is 5.73 Å². The van der Waals surface area contributed by atoms with Crippen molar-refractivity contribution in [2.75, 3.05) is 13.1 Å². The second-order valence-electron chi connectivity index (χ2n) is 6.81. The summed E-state index contributed by atoms with van der Waals surface area (Å²) < 4.78 is 7.14. The zero-order chi connectivity index (χ0) is 16.7. The first-order valence-corrected chi connectivity index (χ1v) is 7.36. The van der Waals surface area contributed by atoms with E-state index in [0.29, 0.717) is 6.54 Å². The molecule has 0 radical (unpaired) electrons. The molecule has 2 amide bonds. The van der Waals surface area contributed by atoms with Crippen molar-refractivity contribution in [2.24, 2.45) is 18.7 Å². The van der Waals surface area contributed by atoms with Gasteiger partial charge in [0.2, 0.25) is 5.91 Å². The van der Waals surface area contributed by atoms with Crippen molar-refractivity contribution in [1.82, 2.24) is 14.7 Å². The number of nitrogens with zero attached hydrogens (tertiary/aromatic N) is 3. The molecule has 2 rings (SSSR count). The summed E-state index contributed by atoms with van der Waals surface area (Å²) in [5, 5.41) is 4.21. The van der Waals surface area contributed by atoms with Crippen LogP contribution in [0.5, 0.6) is 0 Å². The van der Waals surface area contributed by atoms with Crippen molar-refractivity contribution in [1.29, 1.82) is 0 Å². The molecule has 1 fully saturated rings. The number of rotatable bonds is 2. The summed E-state index contributed by atoms with van der Waals surface area (Å²) in [5.74, 6) is -0.964. The lowest BCUT2D eigenvalue weighted by Crippen LogP contribution is -2.36. The summed E-state index contributed by atoms with van der Waals surface area (Å²) in [7, 11) is 1.85. The largest absolute Gasteiger partial charge is 0.444 e. The van der Waals surface area contributed by atoms with Gasteiger partial charge in [-0.25, -0.2) is 4.79 Å². The van der Waals surface area contributed by atoms with Crippen LogP contribution in [0.3, 0.4) is 0 Å². The Labute approximate surface area is 130 Å². The van der Waals surface area contributed by atoms with Crippen molar-refractivity contribution >= 4 is 12.0 Å². The van der Waals surface area contributed by atoms with Gasteiger partial charge in [-0.1, -0.05) is 0 Å². The number of amides is 2. The Morgan fingerprint density at radius 3 is 2.45 bits per heavy atom. The molecule has 0 aliphatic carbocycles. The molecule has 2 heterocycles. The zero-order valence-corrected chi connectivity index (χ0v) is 13.8. The normalized spacial score (nSPS) is 22.0. The van der Waals surface area contributed by atoms with Crippen molar-refractivity contribution in [3.05, 3.63) is 17.5 Å². The molecule has 0 unspecified atom stereocenters. The predicted octanol–water partition coefficient (Wildman–Crippen LogP) is 1.16. The Bertz CT molecular complexity index is 588. The minimum absolute atomic E-state index is 0.140. The molecule has 1 aromatic rings. The van der Waals surface area contributed by atoms with E-state index >= 15 is 0 Å². The monoisotopic (exact) mass is 308 g/mol. The summed E-state index contributed by atoms with van der Waals surface area (Å²) >= 11 is 0. The number of carbonyl (C=O) groups is 2. The van der Waals surface area contributed by atoms with E-state index in [1.807, 2.05) is 34.7 Å². The fourth-order valence-electron chi connectivity index (χ4n) is 2.76. The van der Waals surface area contributed by atoms with Gasteiger partial charge in [0.15, 0.2) is 0 Å². The number of likely N-dealkylation sites (tertiary alicyclic amines) is 1. The molecule has 0 saturated carbocycles. The van der Waals surface area contributed by atoms with Crippen LogP contribution in [0.1, 0.15) is 37.9 Å². The van der Waals surface area contributed by atoms with Crippen LogP contribution in [-0.2, 0) is 16.6 Å². The third kappa shape index (κ3) is 3.23. The molecule has 0 spiro atoms. The van der Waals surface area contributed by atoms with Crippen LogP contribution in [0, 0.1) is 12.8 Å². The highest BCUT2D eigenvalue weighted by molar-refractivity contribution is 5.80. The number of aromatic nitrogens is 2. The van der Waals surface area contributed by atoms with Crippen LogP contribution in [0.15, 0.2) is 6.20 Å². The van der Waals surface area contributed by atoms with Crippen LogP contribution in [0.25, 0.3) is 0 Å². The molecular weight excluding hydrogens is 284 g/mol. The van der Waals surface area contributed by atoms with E-state index in [-0.39, 0.29) is 12.5 Å². The molecule has 0 aromatic carbocycles. The van der Waals surface area contributed by atoms with E-state index in [2.05, 4.69) is 5.10 Å². The van der Waals surface area contributed by atoms with Crippen molar-refractivity contribution < 1.29 is 14.3 Å². The van der Waals surface area contributed by atoms with E-state index in [4.69, 9.17) is 10.5 Å². The number of primary amides is 1.